The minimum Gasteiger partial charge on any atom is -0.385 e. The molecule has 0 aliphatic carbocycles. The van der Waals surface area contributed by atoms with E-state index in [2.05, 4.69) is 15.4 Å². The van der Waals surface area contributed by atoms with Crippen LogP contribution >= 0.6 is 0 Å². The Bertz CT molecular complexity index is 1020. The lowest BCUT2D eigenvalue weighted by Crippen LogP contribution is -2.29. The van der Waals surface area contributed by atoms with Gasteiger partial charge in [-0.1, -0.05) is 30.3 Å². The average Bonchev–Trinajstić information content (AvgIpc) is 3.16. The van der Waals surface area contributed by atoms with E-state index in [0.717, 1.165) is 17.7 Å². The topological polar surface area (TPSA) is 90.5 Å². The number of hydrogen-bond acceptors (Lipinski definition) is 5. The van der Waals surface area contributed by atoms with Crippen molar-refractivity contribution in [3.63, 3.8) is 0 Å². The van der Waals surface area contributed by atoms with Crippen molar-refractivity contribution in [2.24, 2.45) is 7.05 Å². The molecule has 0 saturated heterocycles. The number of nitrogens with zero attached hydrogens (tertiary/aromatic N) is 4. The highest BCUT2D eigenvalue weighted by Crippen LogP contribution is 2.16. The van der Waals surface area contributed by atoms with Crippen LogP contribution in [0.15, 0.2) is 35.1 Å². The van der Waals surface area contributed by atoms with Gasteiger partial charge in [0.25, 0.3) is 5.56 Å². The van der Waals surface area contributed by atoms with Gasteiger partial charge >= 0.3 is 0 Å². The Labute approximate surface area is 163 Å². The van der Waals surface area contributed by atoms with Crippen LogP contribution in [0.2, 0.25) is 0 Å². The Morgan fingerprint density at radius 1 is 1.25 bits per heavy atom. The van der Waals surface area contributed by atoms with Gasteiger partial charge in [-0.3, -0.25) is 9.59 Å². The third-order valence-corrected chi connectivity index (χ3v) is 4.76. The van der Waals surface area contributed by atoms with Crippen LogP contribution in [0, 0.1) is 6.92 Å². The maximum atomic E-state index is 13.0. The smallest absolute Gasteiger partial charge is 0.279 e. The summed E-state index contributed by atoms with van der Waals surface area (Å²) in [5, 5.41) is 7.24. The van der Waals surface area contributed by atoms with Gasteiger partial charge in [-0.25, -0.2) is 0 Å². The van der Waals surface area contributed by atoms with Gasteiger partial charge in [0.15, 0.2) is 5.82 Å². The van der Waals surface area contributed by atoms with Gasteiger partial charge in [-0.15, -0.1) is 5.10 Å². The number of carbonyl (C=O) groups excluding carboxylic acids is 1. The van der Waals surface area contributed by atoms with Crippen molar-refractivity contribution in [2.45, 2.75) is 26.2 Å². The SMILES string of the molecule is COCCCNC(=O)CCc1c(C)n(C)c2nc(-c3ccccc3)nn2c1=O. The molecule has 3 aromatic rings. The minimum atomic E-state index is -0.229. The molecule has 0 aliphatic rings. The number of fused-ring (bicyclic) bond motifs is 1. The number of rotatable bonds is 8. The fourth-order valence-electron chi connectivity index (χ4n) is 3.06. The third kappa shape index (κ3) is 4.12. The van der Waals surface area contributed by atoms with Gasteiger partial charge in [-0.2, -0.15) is 9.50 Å². The summed E-state index contributed by atoms with van der Waals surface area (Å²) in [7, 11) is 3.48. The van der Waals surface area contributed by atoms with Crippen molar-refractivity contribution >= 4 is 11.7 Å². The van der Waals surface area contributed by atoms with Crippen LogP contribution in [0.5, 0.6) is 0 Å². The first-order valence-electron chi connectivity index (χ1n) is 9.29. The molecule has 0 bridgehead atoms. The quantitative estimate of drug-likeness (QED) is 0.595. The summed E-state index contributed by atoms with van der Waals surface area (Å²) in [4.78, 5) is 29.5. The lowest BCUT2D eigenvalue weighted by atomic mass is 10.1. The molecule has 2 aromatic heterocycles. The molecule has 3 rings (SSSR count). The summed E-state index contributed by atoms with van der Waals surface area (Å²) in [5.74, 6) is 0.899. The van der Waals surface area contributed by atoms with Crippen molar-refractivity contribution in [1.29, 1.82) is 0 Å². The molecule has 0 unspecified atom stereocenters. The Hall–Kier alpha value is -3.00. The van der Waals surface area contributed by atoms with Gasteiger partial charge in [0, 0.05) is 50.6 Å². The number of ether oxygens (including phenoxy) is 1. The number of amides is 1. The van der Waals surface area contributed by atoms with Crippen LogP contribution in [0.1, 0.15) is 24.1 Å². The third-order valence-electron chi connectivity index (χ3n) is 4.76. The van der Waals surface area contributed by atoms with Crippen molar-refractivity contribution in [2.75, 3.05) is 20.3 Å². The first-order valence-corrected chi connectivity index (χ1v) is 9.29. The lowest BCUT2D eigenvalue weighted by molar-refractivity contribution is -0.121. The number of benzene rings is 1. The summed E-state index contributed by atoms with van der Waals surface area (Å²) in [6.07, 6.45) is 1.36. The zero-order valence-corrected chi connectivity index (χ0v) is 16.4. The molecule has 0 saturated carbocycles. The fourth-order valence-corrected chi connectivity index (χ4v) is 3.06. The Morgan fingerprint density at radius 2 is 2.00 bits per heavy atom. The van der Waals surface area contributed by atoms with Gasteiger partial charge in [0.05, 0.1) is 0 Å². The van der Waals surface area contributed by atoms with Crippen LogP contribution in [-0.4, -0.2) is 45.3 Å². The summed E-state index contributed by atoms with van der Waals surface area (Å²) in [5.41, 5.74) is 1.98. The predicted molar refractivity (Wildman–Crippen MR) is 106 cm³/mol. The van der Waals surface area contributed by atoms with E-state index in [4.69, 9.17) is 4.74 Å². The van der Waals surface area contributed by atoms with Crippen LogP contribution in [0.25, 0.3) is 17.2 Å². The molecule has 2 heterocycles. The van der Waals surface area contributed by atoms with E-state index in [1.165, 1.54) is 4.52 Å². The fraction of sp³-hybridized carbons (Fsp3) is 0.400. The Kier molecular flexibility index (Phi) is 6.20. The summed E-state index contributed by atoms with van der Waals surface area (Å²) in [6.45, 7) is 3.03. The van der Waals surface area contributed by atoms with E-state index in [-0.39, 0.29) is 17.9 Å². The van der Waals surface area contributed by atoms with Gasteiger partial charge in [0.2, 0.25) is 11.7 Å². The predicted octanol–water partition coefficient (Wildman–Crippen LogP) is 1.49. The number of methoxy groups -OCH3 is 1. The Balaban J connectivity index is 1.83. The highest BCUT2D eigenvalue weighted by atomic mass is 16.5. The van der Waals surface area contributed by atoms with Crippen LogP contribution < -0.4 is 10.9 Å². The molecule has 8 heteroatoms. The standard InChI is InChI=1S/C20H25N5O3/c1-14-16(10-11-17(26)21-12-7-13-28-3)19(27)25-20(24(14)2)22-18(23-25)15-8-5-4-6-9-15/h4-6,8-9H,7,10-13H2,1-3H3,(H,21,26). The van der Waals surface area contributed by atoms with Crippen LogP contribution in [-0.2, 0) is 23.0 Å². The molecule has 0 spiro atoms. The van der Waals surface area contributed by atoms with Crippen molar-refractivity contribution in [1.82, 2.24) is 24.5 Å². The van der Waals surface area contributed by atoms with Crippen LogP contribution in [0.4, 0.5) is 0 Å². The average molecular weight is 383 g/mol. The molecule has 1 aromatic carbocycles. The first-order chi connectivity index (χ1) is 13.5. The molecule has 0 aliphatic heterocycles. The van der Waals surface area contributed by atoms with E-state index in [1.54, 1.807) is 7.11 Å². The van der Waals surface area contributed by atoms with E-state index in [0.29, 0.717) is 36.7 Å². The molecule has 148 valence electrons. The van der Waals surface area contributed by atoms with E-state index in [9.17, 15) is 9.59 Å². The van der Waals surface area contributed by atoms with Crippen molar-refractivity contribution in [3.05, 3.63) is 51.9 Å². The lowest BCUT2D eigenvalue weighted by Gasteiger charge is -2.11. The number of carbonyl (C=O) groups is 1. The van der Waals surface area contributed by atoms with Gasteiger partial charge in [0.1, 0.15) is 0 Å². The molecular weight excluding hydrogens is 358 g/mol. The summed E-state index contributed by atoms with van der Waals surface area (Å²) < 4.78 is 8.12. The monoisotopic (exact) mass is 383 g/mol. The summed E-state index contributed by atoms with van der Waals surface area (Å²) >= 11 is 0. The summed E-state index contributed by atoms with van der Waals surface area (Å²) in [6, 6.07) is 9.53. The maximum Gasteiger partial charge on any atom is 0.279 e. The molecule has 1 N–H and O–H groups in total. The largest absolute Gasteiger partial charge is 0.385 e. The Morgan fingerprint density at radius 3 is 2.71 bits per heavy atom. The highest BCUT2D eigenvalue weighted by molar-refractivity contribution is 5.76. The molecule has 8 nitrogen and oxygen atoms in total. The van der Waals surface area contributed by atoms with Gasteiger partial charge in [-0.05, 0) is 19.8 Å². The zero-order chi connectivity index (χ0) is 20.1. The second kappa shape index (κ2) is 8.79. The van der Waals surface area contributed by atoms with Crippen LogP contribution in [0.3, 0.4) is 0 Å². The number of nitrogens with one attached hydrogen (secondary N) is 1. The maximum absolute atomic E-state index is 13.0. The zero-order valence-electron chi connectivity index (χ0n) is 16.4. The second-order valence-electron chi connectivity index (χ2n) is 6.64. The van der Waals surface area contributed by atoms with Gasteiger partial charge < -0.3 is 14.6 Å². The first kappa shape index (κ1) is 19.8. The highest BCUT2D eigenvalue weighted by Gasteiger charge is 2.17. The normalized spacial score (nSPS) is 11.1. The minimum absolute atomic E-state index is 0.0822. The van der Waals surface area contributed by atoms with Crippen molar-refractivity contribution < 1.29 is 9.53 Å². The molecule has 28 heavy (non-hydrogen) atoms. The molecular formula is C20H25N5O3. The number of hydrogen-bond donors (Lipinski definition) is 1. The van der Waals surface area contributed by atoms with Crippen molar-refractivity contribution in [3.8, 4) is 11.4 Å². The van der Waals surface area contributed by atoms with E-state index < -0.39 is 0 Å². The molecule has 0 fully saturated rings. The molecule has 1 amide bonds. The molecule has 0 radical (unpaired) electrons. The molecule has 0 atom stereocenters. The van der Waals surface area contributed by atoms with E-state index >= 15 is 0 Å². The van der Waals surface area contributed by atoms with E-state index in [1.807, 2.05) is 48.9 Å². The number of aromatic nitrogens is 4. The second-order valence-corrected chi connectivity index (χ2v) is 6.64. The number of aryl methyl sites for hydroxylation is 1.